The van der Waals surface area contributed by atoms with Crippen molar-refractivity contribution < 1.29 is 47.2 Å². The summed E-state index contributed by atoms with van der Waals surface area (Å²) in [5.74, 6) is -1.61. The lowest BCUT2D eigenvalue weighted by Crippen LogP contribution is -2.31. The fraction of sp³-hybridized carbons (Fsp3) is 0.907. The number of phosphoric acid groups is 1. The second kappa shape index (κ2) is 39.8. The molecular weight excluding hydrogens is 735 g/mol. The van der Waals surface area contributed by atoms with Crippen molar-refractivity contribution in [2.45, 2.75) is 219 Å². The molecule has 2 atom stereocenters. The Kier molecular flexibility index (Phi) is 38.4. The number of ether oxygens (including phenoxy) is 2. The molecule has 0 saturated carbocycles. The van der Waals surface area contributed by atoms with Crippen LogP contribution in [0.4, 0.5) is 0 Å². The molecule has 0 spiro atoms. The first-order valence-electron chi connectivity index (χ1n) is 22.6. The van der Waals surface area contributed by atoms with E-state index in [4.69, 9.17) is 18.5 Å². The molecule has 1 unspecified atom stereocenters. The van der Waals surface area contributed by atoms with Crippen molar-refractivity contribution in [3.05, 3.63) is 0 Å². The Morgan fingerprint density at radius 3 is 1.32 bits per heavy atom. The minimum atomic E-state index is -4.83. The van der Waals surface area contributed by atoms with Crippen molar-refractivity contribution in [1.29, 1.82) is 0 Å². The Labute approximate surface area is 341 Å². The van der Waals surface area contributed by atoms with Gasteiger partial charge in [-0.1, -0.05) is 168 Å². The van der Waals surface area contributed by atoms with Gasteiger partial charge in [0.25, 0.3) is 7.82 Å². The smallest absolute Gasteiger partial charge is 0.306 e. The Morgan fingerprint density at radius 1 is 0.500 bits per heavy atom. The largest absolute Gasteiger partial charge is 0.756 e. The third kappa shape index (κ3) is 38.8. The highest BCUT2D eigenvalue weighted by Crippen LogP contribution is 2.38. The van der Waals surface area contributed by atoms with Crippen molar-refractivity contribution >= 4 is 31.6 Å². The maximum Gasteiger partial charge on any atom is 0.306 e. The molecule has 13 heteroatoms. The second-order valence-electron chi connectivity index (χ2n) is 15.2. The molecule has 0 heterocycles. The van der Waals surface area contributed by atoms with Gasteiger partial charge in [-0.3, -0.25) is 23.7 Å². The lowest BCUT2D eigenvalue weighted by molar-refractivity contribution is -0.228. The van der Waals surface area contributed by atoms with Gasteiger partial charge in [0.15, 0.2) is 6.10 Å². The van der Waals surface area contributed by atoms with Gasteiger partial charge < -0.3 is 34.0 Å². The van der Waals surface area contributed by atoms with E-state index >= 15 is 0 Å². The first-order valence-corrected chi connectivity index (χ1v) is 24.1. The predicted octanol–water partition coefficient (Wildman–Crippen LogP) is 9.94. The monoisotopic (exact) mass is 818 g/mol. The fourth-order valence-corrected chi connectivity index (χ4v) is 7.09. The van der Waals surface area contributed by atoms with Gasteiger partial charge in [-0.15, -0.1) is 0 Å². The molecule has 2 amide bonds. The van der Waals surface area contributed by atoms with Crippen molar-refractivity contribution in [2.24, 2.45) is 0 Å². The Bertz CT molecular complexity index is 1020. The summed E-state index contributed by atoms with van der Waals surface area (Å²) in [7, 11) is -4.83. The summed E-state index contributed by atoms with van der Waals surface area (Å²) >= 11 is 0. The van der Waals surface area contributed by atoms with E-state index in [1.807, 2.05) is 0 Å². The van der Waals surface area contributed by atoms with E-state index in [9.17, 15) is 28.6 Å². The average Bonchev–Trinajstić information content (AvgIpc) is 3.17. The van der Waals surface area contributed by atoms with Crippen LogP contribution >= 0.6 is 7.82 Å². The number of phosphoric ester groups is 1. The van der Waals surface area contributed by atoms with Crippen molar-refractivity contribution in [3.63, 3.8) is 0 Å². The summed E-state index contributed by atoms with van der Waals surface area (Å²) in [4.78, 5) is 61.0. The molecule has 0 bridgehead atoms. The molecule has 0 aromatic rings. The zero-order chi connectivity index (χ0) is 41.4. The summed E-state index contributed by atoms with van der Waals surface area (Å²) < 4.78 is 33.1. The predicted molar refractivity (Wildman–Crippen MR) is 222 cm³/mol. The zero-order valence-electron chi connectivity index (χ0n) is 35.9. The van der Waals surface area contributed by atoms with E-state index in [1.54, 1.807) is 6.92 Å². The average molecular weight is 818 g/mol. The second-order valence-corrected chi connectivity index (χ2v) is 16.6. The van der Waals surface area contributed by atoms with Crippen LogP contribution in [0, 0.1) is 0 Å². The zero-order valence-corrected chi connectivity index (χ0v) is 36.8. The number of rotatable bonds is 42. The first-order chi connectivity index (χ1) is 27.1. The van der Waals surface area contributed by atoms with E-state index in [1.165, 1.54) is 116 Å². The number of hydrogen-bond acceptors (Lipinski definition) is 10. The van der Waals surface area contributed by atoms with E-state index in [0.717, 1.165) is 38.5 Å². The summed E-state index contributed by atoms with van der Waals surface area (Å²) in [6.45, 7) is 5.32. The summed E-state index contributed by atoms with van der Waals surface area (Å²) in [6, 6.07) is 0. The SMILES string of the molecule is CCCCCCCCCCCCCCCC(=O)OC[C@H](COP(=O)([O-])OCCNC(=O)CCC(=O)NCC)OC(=O)CCCCCCCCCCCCCCC. The highest BCUT2D eigenvalue weighted by Gasteiger charge is 2.21. The molecule has 0 rings (SSSR count). The lowest BCUT2D eigenvalue weighted by Gasteiger charge is -2.25. The molecule has 0 aliphatic heterocycles. The number of carbonyl (C=O) groups excluding carboxylic acids is 4. The lowest BCUT2D eigenvalue weighted by atomic mass is 10.0. The molecule has 0 radical (unpaired) electrons. The molecule has 0 aliphatic carbocycles. The van der Waals surface area contributed by atoms with Crippen LogP contribution in [-0.2, 0) is 42.3 Å². The Balaban J connectivity index is 4.54. The van der Waals surface area contributed by atoms with Gasteiger partial charge in [0.05, 0.1) is 13.2 Å². The highest BCUT2D eigenvalue weighted by atomic mass is 31.2. The maximum absolute atomic E-state index is 12.7. The van der Waals surface area contributed by atoms with Gasteiger partial charge in [-0.05, 0) is 19.8 Å². The van der Waals surface area contributed by atoms with Crippen LogP contribution in [0.2, 0.25) is 0 Å². The summed E-state index contributed by atoms with van der Waals surface area (Å²) in [5.41, 5.74) is 0. The molecular formula is C43H82N2O10P-. The topological polar surface area (TPSA) is 169 Å². The molecule has 0 aromatic heterocycles. The van der Waals surface area contributed by atoms with Gasteiger partial charge in [-0.25, -0.2) is 0 Å². The number of amides is 2. The molecule has 0 aliphatic rings. The van der Waals surface area contributed by atoms with Gasteiger partial charge in [0, 0.05) is 38.8 Å². The quantitative estimate of drug-likeness (QED) is 0.0343. The normalized spacial score (nSPS) is 12.9. The Morgan fingerprint density at radius 2 is 0.893 bits per heavy atom. The van der Waals surface area contributed by atoms with Crippen molar-refractivity contribution in [3.8, 4) is 0 Å². The third-order valence-electron chi connectivity index (χ3n) is 9.74. The minimum Gasteiger partial charge on any atom is -0.756 e. The maximum atomic E-state index is 12.7. The molecule has 12 nitrogen and oxygen atoms in total. The number of esters is 2. The van der Waals surface area contributed by atoms with Gasteiger partial charge in [0.2, 0.25) is 11.8 Å². The van der Waals surface area contributed by atoms with E-state index < -0.39 is 38.4 Å². The fourth-order valence-electron chi connectivity index (χ4n) is 6.35. The molecule has 0 aromatic carbocycles. The van der Waals surface area contributed by atoms with Crippen molar-refractivity contribution in [1.82, 2.24) is 10.6 Å². The molecule has 56 heavy (non-hydrogen) atoms. The summed E-state index contributed by atoms with van der Waals surface area (Å²) in [5, 5.41) is 5.08. The number of carbonyl (C=O) groups is 4. The van der Waals surface area contributed by atoms with E-state index in [2.05, 4.69) is 24.5 Å². The van der Waals surface area contributed by atoms with E-state index in [-0.39, 0.29) is 51.3 Å². The van der Waals surface area contributed by atoms with Crippen LogP contribution in [0.5, 0.6) is 0 Å². The molecule has 2 N–H and O–H groups in total. The molecule has 330 valence electrons. The van der Waals surface area contributed by atoms with Crippen LogP contribution in [0.25, 0.3) is 0 Å². The van der Waals surface area contributed by atoms with Gasteiger partial charge in [0.1, 0.15) is 6.61 Å². The summed E-state index contributed by atoms with van der Waals surface area (Å²) in [6.07, 6.45) is 30.2. The van der Waals surface area contributed by atoms with Crippen LogP contribution in [0.15, 0.2) is 0 Å². The third-order valence-corrected chi connectivity index (χ3v) is 10.7. The van der Waals surface area contributed by atoms with Crippen LogP contribution in [-0.4, -0.2) is 62.8 Å². The number of nitrogens with one attached hydrogen (secondary N) is 2. The van der Waals surface area contributed by atoms with Crippen LogP contribution in [0.3, 0.4) is 0 Å². The number of unbranched alkanes of at least 4 members (excludes halogenated alkanes) is 24. The number of hydrogen-bond donors (Lipinski definition) is 2. The van der Waals surface area contributed by atoms with E-state index in [0.29, 0.717) is 19.4 Å². The van der Waals surface area contributed by atoms with Gasteiger partial charge in [-0.2, -0.15) is 0 Å². The molecule has 0 fully saturated rings. The minimum absolute atomic E-state index is 0.0210. The van der Waals surface area contributed by atoms with Crippen LogP contribution in [0.1, 0.15) is 213 Å². The van der Waals surface area contributed by atoms with Crippen molar-refractivity contribution in [2.75, 3.05) is 32.9 Å². The molecule has 0 saturated heterocycles. The standard InChI is InChI=1S/C43H83N2O10P/c1-4-7-9-11-13-15-17-19-21-23-25-27-29-31-42(48)52-37-39(38-54-56(50,51)53-36-35-45-41(47)34-33-40(46)44-6-3)55-43(49)32-30-28-26-24-22-20-18-16-14-12-10-8-5-2/h39H,4-38H2,1-3H3,(H,44,46)(H,45,47)(H,50,51)/p-1/t39-/m1/s1. The van der Waals surface area contributed by atoms with Gasteiger partial charge >= 0.3 is 11.9 Å². The Hall–Kier alpha value is -2.01. The highest BCUT2D eigenvalue weighted by molar-refractivity contribution is 7.45. The van der Waals surface area contributed by atoms with Crippen LogP contribution < -0.4 is 15.5 Å². The first kappa shape index (κ1) is 54.0.